The van der Waals surface area contributed by atoms with Gasteiger partial charge in [0.1, 0.15) is 17.3 Å². The maximum Gasteiger partial charge on any atom is 0.412 e. The normalized spacial score (nSPS) is 41.0. The molecule has 3 amide bonds. The quantitative estimate of drug-likeness (QED) is 0.546. The highest BCUT2D eigenvalue weighted by Crippen LogP contribution is 2.87. The number of rotatable bonds is 5. The number of likely N-dealkylation sites (tertiary alicyclic amines) is 1. The van der Waals surface area contributed by atoms with Gasteiger partial charge in [-0.1, -0.05) is 18.9 Å². The monoisotopic (exact) mass is 459 g/mol. The molecule has 0 radical (unpaired) electrons. The number of nitrogens with zero attached hydrogens (tertiary/aromatic N) is 1. The number of amides is 3. The summed E-state index contributed by atoms with van der Waals surface area (Å²) in [6, 6.07) is -0.626. The lowest BCUT2D eigenvalue weighted by Crippen LogP contribution is -2.52. The van der Waals surface area contributed by atoms with E-state index < -0.39 is 29.2 Å². The molecule has 4 aliphatic carbocycles. The van der Waals surface area contributed by atoms with E-state index in [-0.39, 0.29) is 28.5 Å². The number of ether oxygens (including phenoxy) is 1. The Balaban J connectivity index is 1.36. The molecular weight excluding hydrogens is 422 g/mol. The van der Waals surface area contributed by atoms with E-state index in [0.29, 0.717) is 25.2 Å². The van der Waals surface area contributed by atoms with Crippen LogP contribution in [0.15, 0.2) is 11.8 Å². The highest BCUT2D eigenvalue weighted by atomic mass is 16.6. The van der Waals surface area contributed by atoms with E-state index in [1.165, 1.54) is 0 Å². The molecule has 8 nitrogen and oxygen atoms in total. The zero-order valence-corrected chi connectivity index (χ0v) is 20.0. The van der Waals surface area contributed by atoms with Crippen molar-refractivity contribution in [3.63, 3.8) is 0 Å². The van der Waals surface area contributed by atoms with E-state index in [2.05, 4.69) is 5.32 Å². The largest absolute Gasteiger partial charge is 0.444 e. The number of aliphatic hydroxyl groups is 1. The number of nitrogens with one attached hydrogen (secondary N) is 1. The van der Waals surface area contributed by atoms with Crippen molar-refractivity contribution in [2.24, 2.45) is 23.0 Å². The second kappa shape index (κ2) is 7.20. The molecule has 5 rings (SSSR count). The summed E-state index contributed by atoms with van der Waals surface area (Å²) in [6.07, 6.45) is 9.77. The van der Waals surface area contributed by atoms with E-state index in [1.807, 2.05) is 0 Å². The zero-order valence-electron chi connectivity index (χ0n) is 20.0. The fraction of sp³-hybridized carbons (Fsp3) is 0.800. The highest BCUT2D eigenvalue weighted by Gasteiger charge is 2.91. The molecule has 0 aromatic carbocycles. The van der Waals surface area contributed by atoms with Crippen LogP contribution >= 0.6 is 0 Å². The van der Waals surface area contributed by atoms with Crippen LogP contribution in [0.2, 0.25) is 0 Å². The predicted molar refractivity (Wildman–Crippen MR) is 121 cm³/mol. The van der Waals surface area contributed by atoms with Gasteiger partial charge in [0, 0.05) is 5.41 Å². The van der Waals surface area contributed by atoms with Gasteiger partial charge in [0.2, 0.25) is 5.91 Å². The Kier molecular flexibility index (Phi) is 4.95. The summed E-state index contributed by atoms with van der Waals surface area (Å²) in [4.78, 5) is 40.0. The van der Waals surface area contributed by atoms with Crippen molar-refractivity contribution < 1.29 is 24.2 Å². The molecule has 0 aromatic heterocycles. The molecule has 0 spiro atoms. The fourth-order valence-corrected chi connectivity index (χ4v) is 7.20. The summed E-state index contributed by atoms with van der Waals surface area (Å²) in [6.45, 7) is 5.31. The third-order valence-electron chi connectivity index (χ3n) is 8.68. The number of allylic oxidation sites excluding steroid dienone is 1. The Morgan fingerprint density at radius 3 is 2.58 bits per heavy atom. The van der Waals surface area contributed by atoms with Crippen LogP contribution in [0.1, 0.15) is 85.0 Å². The summed E-state index contributed by atoms with van der Waals surface area (Å²) in [5, 5.41) is 13.6. The molecule has 2 bridgehead atoms. The lowest BCUT2D eigenvalue weighted by Gasteiger charge is -2.45. The van der Waals surface area contributed by atoms with Crippen LogP contribution in [0.3, 0.4) is 0 Å². The number of hydrogen-bond donors (Lipinski definition) is 3. The first-order valence-corrected chi connectivity index (χ1v) is 12.4. The summed E-state index contributed by atoms with van der Waals surface area (Å²) >= 11 is 0. The molecule has 0 aromatic rings. The maximum absolute atomic E-state index is 13.7. The Morgan fingerprint density at radius 1 is 1.21 bits per heavy atom. The van der Waals surface area contributed by atoms with Crippen molar-refractivity contribution >= 4 is 17.9 Å². The molecule has 3 unspecified atom stereocenters. The van der Waals surface area contributed by atoms with Crippen LogP contribution in [-0.4, -0.2) is 50.7 Å². The maximum atomic E-state index is 13.7. The molecule has 182 valence electrons. The molecule has 1 heterocycles. The Bertz CT molecular complexity index is 915. The lowest BCUT2D eigenvalue weighted by atomic mass is 9.65. The van der Waals surface area contributed by atoms with Crippen LogP contribution in [-0.2, 0) is 14.3 Å². The Morgan fingerprint density at radius 2 is 1.94 bits per heavy atom. The van der Waals surface area contributed by atoms with Gasteiger partial charge >= 0.3 is 6.09 Å². The number of primary amides is 1. The van der Waals surface area contributed by atoms with Gasteiger partial charge in [-0.3, -0.25) is 14.9 Å². The van der Waals surface area contributed by atoms with Crippen molar-refractivity contribution in [3.8, 4) is 0 Å². The molecule has 4 N–H and O–H groups in total. The van der Waals surface area contributed by atoms with E-state index in [4.69, 9.17) is 10.5 Å². The van der Waals surface area contributed by atoms with Gasteiger partial charge in [0.15, 0.2) is 0 Å². The van der Waals surface area contributed by atoms with Crippen molar-refractivity contribution in [2.75, 3.05) is 0 Å². The van der Waals surface area contributed by atoms with Crippen molar-refractivity contribution in [3.05, 3.63) is 11.8 Å². The first-order chi connectivity index (χ1) is 15.4. The molecular formula is C25H37N3O5. The lowest BCUT2D eigenvalue weighted by molar-refractivity contribution is -0.138. The van der Waals surface area contributed by atoms with Crippen LogP contribution < -0.4 is 11.1 Å². The highest BCUT2D eigenvalue weighted by molar-refractivity contribution is 6.01. The molecule has 1 aliphatic heterocycles. The topological polar surface area (TPSA) is 122 Å². The molecule has 4 atom stereocenters. The van der Waals surface area contributed by atoms with E-state index >= 15 is 0 Å². The average molecular weight is 460 g/mol. The molecule has 1 saturated heterocycles. The Hall–Kier alpha value is -2.09. The summed E-state index contributed by atoms with van der Waals surface area (Å²) < 4.78 is 5.40. The molecule has 4 saturated carbocycles. The van der Waals surface area contributed by atoms with Gasteiger partial charge in [0.05, 0.1) is 11.1 Å². The van der Waals surface area contributed by atoms with Gasteiger partial charge in [-0.05, 0) is 84.0 Å². The van der Waals surface area contributed by atoms with Gasteiger partial charge in [-0.15, -0.1) is 0 Å². The molecule has 8 heteroatoms. The number of piperidine rings is 2. The minimum absolute atomic E-state index is 0.0590. The summed E-state index contributed by atoms with van der Waals surface area (Å²) in [7, 11) is 0. The number of carbonyl (C=O) groups is 3. The number of hydrogen-bond acceptors (Lipinski definition) is 5. The van der Waals surface area contributed by atoms with Gasteiger partial charge in [0.25, 0.3) is 5.91 Å². The van der Waals surface area contributed by atoms with Crippen molar-refractivity contribution in [1.29, 1.82) is 0 Å². The Labute approximate surface area is 195 Å². The van der Waals surface area contributed by atoms with E-state index in [9.17, 15) is 19.5 Å². The van der Waals surface area contributed by atoms with Gasteiger partial charge in [-0.2, -0.15) is 0 Å². The predicted octanol–water partition coefficient (Wildman–Crippen LogP) is 2.74. The number of alkyl carbamates (subject to hydrolysis) is 1. The molecule has 5 aliphatic rings. The standard InChI is InChI=1S/C25H37N3O5/c1-22(2,3)33-21(31)27-17(7-6-16-9-15-5-4-8-24(32,10-15)11-16)20(30)28-18(19(26)29)12-23-13-25(23,28)14-23/h7,15-16,18,32H,4-6,8-14H2,1-3H3,(H2,26,29)(H,27,31)/b17-7-/t15?,16?,18-,23?,24?,25?/m0/s1. The van der Waals surface area contributed by atoms with E-state index in [1.54, 1.807) is 31.7 Å². The first-order valence-electron chi connectivity index (χ1n) is 12.4. The minimum atomic E-state index is -0.702. The van der Waals surface area contributed by atoms with Crippen LogP contribution in [0.5, 0.6) is 0 Å². The average Bonchev–Trinajstić information content (AvgIpc) is 3.44. The second-order valence-electron chi connectivity index (χ2n) is 12.4. The van der Waals surface area contributed by atoms with Crippen LogP contribution in [0, 0.1) is 17.3 Å². The van der Waals surface area contributed by atoms with E-state index in [0.717, 1.165) is 44.9 Å². The van der Waals surface area contributed by atoms with Crippen molar-refractivity contribution in [2.45, 2.75) is 108 Å². The van der Waals surface area contributed by atoms with Gasteiger partial charge < -0.3 is 20.5 Å². The summed E-state index contributed by atoms with van der Waals surface area (Å²) in [5.41, 5.74) is 4.29. The third-order valence-corrected chi connectivity index (χ3v) is 8.68. The van der Waals surface area contributed by atoms with Gasteiger partial charge in [-0.25, -0.2) is 4.79 Å². The third kappa shape index (κ3) is 3.94. The molecule has 5 fully saturated rings. The second-order valence-corrected chi connectivity index (χ2v) is 12.4. The van der Waals surface area contributed by atoms with Crippen LogP contribution in [0.25, 0.3) is 0 Å². The minimum Gasteiger partial charge on any atom is -0.444 e. The SMILES string of the molecule is CC(C)(C)OC(=O)N/C(=C\CC1CC2CCCC(O)(C1)C2)C(=O)N1[C@H](C(N)=O)CC23CC12C3. The zero-order chi connectivity index (χ0) is 23.8. The number of carbonyl (C=O) groups excluding carboxylic acids is 3. The number of nitrogens with two attached hydrogens (primary N) is 1. The van der Waals surface area contributed by atoms with Crippen molar-refractivity contribution in [1.82, 2.24) is 10.2 Å². The van der Waals surface area contributed by atoms with Crippen LogP contribution in [0.4, 0.5) is 4.79 Å². The first kappa shape index (κ1) is 22.7. The smallest absolute Gasteiger partial charge is 0.412 e. The number of fused-ring (bicyclic) bond motifs is 2. The summed E-state index contributed by atoms with van der Waals surface area (Å²) in [5.74, 6) is -0.0739. The fourth-order valence-electron chi connectivity index (χ4n) is 7.20. The molecule has 33 heavy (non-hydrogen) atoms.